The fourth-order valence-electron chi connectivity index (χ4n) is 2.93. The molecule has 1 amide bonds. The number of carbonyl (C=O) groups excluding carboxylic acids is 1. The van der Waals surface area contributed by atoms with Gasteiger partial charge in [-0.3, -0.25) is 4.79 Å². The summed E-state index contributed by atoms with van der Waals surface area (Å²) >= 11 is 0. The molecule has 20 heavy (non-hydrogen) atoms. The Kier molecular flexibility index (Phi) is 4.19. The maximum Gasteiger partial charge on any atom is 0.243 e. The second-order valence-corrected chi connectivity index (χ2v) is 6.79. The summed E-state index contributed by atoms with van der Waals surface area (Å²) in [6.45, 7) is 8.98. The highest BCUT2D eigenvalue weighted by molar-refractivity contribution is 5.86. The van der Waals surface area contributed by atoms with Gasteiger partial charge in [0.2, 0.25) is 5.91 Å². The third-order valence-corrected chi connectivity index (χ3v) is 4.43. The maximum atomic E-state index is 12.7. The van der Waals surface area contributed by atoms with Gasteiger partial charge in [0, 0.05) is 26.3 Å². The predicted octanol–water partition coefficient (Wildman–Crippen LogP) is 2.51. The Morgan fingerprint density at radius 1 is 1.40 bits per heavy atom. The lowest BCUT2D eigenvalue weighted by Crippen LogP contribution is -2.48. The van der Waals surface area contributed by atoms with Crippen LogP contribution in [0, 0.1) is 22.2 Å². The highest BCUT2D eigenvalue weighted by Crippen LogP contribution is 2.35. The average Bonchev–Trinajstić information content (AvgIpc) is 2.46. The van der Waals surface area contributed by atoms with Crippen LogP contribution in [0.1, 0.15) is 40.0 Å². The molecule has 0 atom stereocenters. The second-order valence-electron chi connectivity index (χ2n) is 6.79. The maximum absolute atomic E-state index is 12.7. The van der Waals surface area contributed by atoms with Crippen molar-refractivity contribution in [1.29, 1.82) is 5.26 Å². The number of amides is 1. The van der Waals surface area contributed by atoms with E-state index < -0.39 is 5.41 Å². The first-order valence-electron chi connectivity index (χ1n) is 7.37. The molecular weight excluding hydrogens is 252 g/mol. The van der Waals surface area contributed by atoms with Crippen molar-refractivity contribution in [3.63, 3.8) is 0 Å². The van der Waals surface area contributed by atoms with E-state index in [0.29, 0.717) is 32.6 Å². The Labute approximate surface area is 121 Å². The lowest BCUT2D eigenvalue weighted by molar-refractivity contribution is -0.143. The van der Waals surface area contributed by atoms with E-state index in [9.17, 15) is 10.1 Å². The van der Waals surface area contributed by atoms with Crippen LogP contribution in [0.2, 0.25) is 0 Å². The monoisotopic (exact) mass is 276 g/mol. The van der Waals surface area contributed by atoms with Gasteiger partial charge >= 0.3 is 0 Å². The van der Waals surface area contributed by atoms with Crippen LogP contribution in [0.3, 0.4) is 0 Å². The molecule has 2 rings (SSSR count). The minimum atomic E-state index is -0.856. The Bertz CT molecular complexity index is 448. The molecule has 0 aromatic carbocycles. The van der Waals surface area contributed by atoms with Gasteiger partial charge in [-0.15, -0.1) is 0 Å². The molecular formula is C16H24N2O2. The summed E-state index contributed by atoms with van der Waals surface area (Å²) in [6.07, 6.45) is 4.11. The standard InChI is InChI=1S/C16H24N2O2/c1-15(2,3)13-4-8-18(9-5-13)14(19)16(12-17)6-10-20-11-7-16/h4H,5-11H2,1-3H3. The van der Waals surface area contributed by atoms with Crippen molar-refractivity contribution in [2.45, 2.75) is 40.0 Å². The number of hydrogen-bond acceptors (Lipinski definition) is 3. The van der Waals surface area contributed by atoms with Gasteiger partial charge in [0.15, 0.2) is 0 Å². The number of ether oxygens (including phenoxy) is 1. The Morgan fingerprint density at radius 2 is 2.05 bits per heavy atom. The van der Waals surface area contributed by atoms with Gasteiger partial charge in [0.05, 0.1) is 6.07 Å². The van der Waals surface area contributed by atoms with Gasteiger partial charge in [0.25, 0.3) is 0 Å². The molecule has 0 saturated carbocycles. The second kappa shape index (κ2) is 5.57. The average molecular weight is 276 g/mol. The molecule has 2 heterocycles. The van der Waals surface area contributed by atoms with Crippen molar-refractivity contribution >= 4 is 5.91 Å². The van der Waals surface area contributed by atoms with Crippen molar-refractivity contribution in [1.82, 2.24) is 4.90 Å². The lowest BCUT2D eigenvalue weighted by Gasteiger charge is -2.37. The summed E-state index contributed by atoms with van der Waals surface area (Å²) in [6, 6.07) is 2.26. The zero-order valence-corrected chi connectivity index (χ0v) is 12.7. The molecule has 4 heteroatoms. The zero-order chi connectivity index (χ0) is 14.8. The summed E-state index contributed by atoms with van der Waals surface area (Å²) in [5, 5.41) is 9.46. The third kappa shape index (κ3) is 2.88. The smallest absolute Gasteiger partial charge is 0.243 e. The fraction of sp³-hybridized carbons (Fsp3) is 0.750. The number of rotatable bonds is 1. The molecule has 0 radical (unpaired) electrons. The van der Waals surface area contributed by atoms with Crippen molar-refractivity contribution in [3.8, 4) is 6.07 Å². The molecule has 0 aromatic rings. The summed E-state index contributed by atoms with van der Waals surface area (Å²) in [7, 11) is 0. The van der Waals surface area contributed by atoms with Gasteiger partial charge in [-0.2, -0.15) is 5.26 Å². The summed E-state index contributed by atoms with van der Waals surface area (Å²) in [5.41, 5.74) is 0.714. The van der Waals surface area contributed by atoms with Crippen LogP contribution in [0.4, 0.5) is 0 Å². The molecule has 0 aliphatic carbocycles. The van der Waals surface area contributed by atoms with E-state index in [4.69, 9.17) is 4.74 Å². The minimum Gasteiger partial charge on any atom is -0.381 e. The molecule has 4 nitrogen and oxygen atoms in total. The van der Waals surface area contributed by atoms with Gasteiger partial charge in [-0.05, 0) is 24.7 Å². The third-order valence-electron chi connectivity index (χ3n) is 4.43. The molecule has 1 fully saturated rings. The largest absolute Gasteiger partial charge is 0.381 e. The molecule has 110 valence electrons. The first kappa shape index (κ1) is 15.1. The van der Waals surface area contributed by atoms with Gasteiger partial charge in [0.1, 0.15) is 5.41 Å². The highest BCUT2D eigenvalue weighted by Gasteiger charge is 2.43. The molecule has 0 unspecified atom stereocenters. The highest BCUT2D eigenvalue weighted by atomic mass is 16.5. The predicted molar refractivity (Wildman–Crippen MR) is 76.8 cm³/mol. The van der Waals surface area contributed by atoms with Gasteiger partial charge in [-0.25, -0.2) is 0 Å². The van der Waals surface area contributed by atoms with Crippen LogP contribution in [-0.2, 0) is 9.53 Å². The quantitative estimate of drug-likeness (QED) is 0.691. The zero-order valence-electron chi connectivity index (χ0n) is 12.7. The molecule has 1 saturated heterocycles. The SMILES string of the molecule is CC(C)(C)C1=CCN(C(=O)C2(C#N)CCOCC2)CC1. The van der Waals surface area contributed by atoms with Crippen molar-refractivity contribution in [2.75, 3.05) is 26.3 Å². The van der Waals surface area contributed by atoms with Crippen LogP contribution in [0.5, 0.6) is 0 Å². The Morgan fingerprint density at radius 3 is 2.50 bits per heavy atom. The van der Waals surface area contributed by atoms with E-state index in [1.807, 2.05) is 4.90 Å². The van der Waals surface area contributed by atoms with E-state index in [1.165, 1.54) is 5.57 Å². The van der Waals surface area contributed by atoms with E-state index in [0.717, 1.165) is 13.0 Å². The Balaban J connectivity index is 2.08. The number of nitrogens with zero attached hydrogens (tertiary/aromatic N) is 2. The van der Waals surface area contributed by atoms with Crippen LogP contribution in [-0.4, -0.2) is 37.1 Å². The lowest BCUT2D eigenvalue weighted by atomic mass is 9.79. The van der Waals surface area contributed by atoms with Gasteiger partial charge in [-0.1, -0.05) is 32.4 Å². The number of carbonyl (C=O) groups is 1. The van der Waals surface area contributed by atoms with Crippen LogP contribution >= 0.6 is 0 Å². The summed E-state index contributed by atoms with van der Waals surface area (Å²) in [5.74, 6) is -0.00694. The molecule has 0 aromatic heterocycles. The van der Waals surface area contributed by atoms with Crippen LogP contribution < -0.4 is 0 Å². The van der Waals surface area contributed by atoms with Crippen molar-refractivity contribution < 1.29 is 9.53 Å². The summed E-state index contributed by atoms with van der Waals surface area (Å²) in [4.78, 5) is 14.5. The normalized spacial score (nSPS) is 22.9. The number of hydrogen-bond donors (Lipinski definition) is 0. The first-order chi connectivity index (χ1) is 9.39. The topological polar surface area (TPSA) is 53.3 Å². The van der Waals surface area contributed by atoms with Crippen molar-refractivity contribution in [2.24, 2.45) is 10.8 Å². The van der Waals surface area contributed by atoms with Crippen LogP contribution in [0.15, 0.2) is 11.6 Å². The minimum absolute atomic E-state index is 0.00694. The summed E-state index contributed by atoms with van der Waals surface area (Å²) < 4.78 is 5.29. The van der Waals surface area contributed by atoms with E-state index in [-0.39, 0.29) is 11.3 Å². The van der Waals surface area contributed by atoms with Crippen LogP contribution in [0.25, 0.3) is 0 Å². The molecule has 0 N–H and O–H groups in total. The number of nitriles is 1. The van der Waals surface area contributed by atoms with E-state index >= 15 is 0 Å². The van der Waals surface area contributed by atoms with E-state index in [1.54, 1.807) is 0 Å². The first-order valence-corrected chi connectivity index (χ1v) is 7.37. The van der Waals surface area contributed by atoms with Crippen molar-refractivity contribution in [3.05, 3.63) is 11.6 Å². The Hall–Kier alpha value is -1.34. The van der Waals surface area contributed by atoms with E-state index in [2.05, 4.69) is 32.9 Å². The molecule has 0 spiro atoms. The fourth-order valence-corrected chi connectivity index (χ4v) is 2.93. The molecule has 2 aliphatic heterocycles. The van der Waals surface area contributed by atoms with Gasteiger partial charge < -0.3 is 9.64 Å². The molecule has 2 aliphatic rings. The molecule has 0 bridgehead atoms.